The van der Waals surface area contributed by atoms with Crippen molar-refractivity contribution >= 4 is 27.7 Å². The maximum Gasteiger partial charge on any atom is 0.325 e. The SMILES string of the molecule is O=C(O)Cn1ccc(NC(=O)c2cccc(S(=O)(=O)N3CCCCC3)c2)n1. The number of aliphatic carboxylic acids is 1. The normalized spacial score (nSPS) is 15.4. The molecule has 1 saturated heterocycles. The van der Waals surface area contributed by atoms with Crippen LogP contribution in [0.25, 0.3) is 0 Å². The molecule has 10 heteroatoms. The van der Waals surface area contributed by atoms with Crippen molar-refractivity contribution in [3.63, 3.8) is 0 Å². The van der Waals surface area contributed by atoms with Gasteiger partial charge in [0.15, 0.2) is 5.82 Å². The van der Waals surface area contributed by atoms with Gasteiger partial charge in [-0.05, 0) is 31.0 Å². The van der Waals surface area contributed by atoms with Crippen molar-refractivity contribution in [3.8, 4) is 0 Å². The number of nitrogens with zero attached hydrogens (tertiary/aromatic N) is 3. The Kier molecular flexibility index (Phi) is 5.57. The lowest BCUT2D eigenvalue weighted by molar-refractivity contribution is -0.137. The molecule has 1 aromatic carbocycles. The van der Waals surface area contributed by atoms with Gasteiger partial charge in [0.2, 0.25) is 10.0 Å². The van der Waals surface area contributed by atoms with Crippen molar-refractivity contribution < 1.29 is 23.1 Å². The van der Waals surface area contributed by atoms with Crippen molar-refractivity contribution in [2.24, 2.45) is 0 Å². The van der Waals surface area contributed by atoms with Gasteiger partial charge < -0.3 is 10.4 Å². The Morgan fingerprint density at radius 2 is 1.89 bits per heavy atom. The Bertz CT molecular complexity index is 948. The summed E-state index contributed by atoms with van der Waals surface area (Å²) in [4.78, 5) is 23.2. The van der Waals surface area contributed by atoms with Crippen molar-refractivity contribution in [2.45, 2.75) is 30.7 Å². The molecule has 0 radical (unpaired) electrons. The van der Waals surface area contributed by atoms with Gasteiger partial charge in [0, 0.05) is 30.9 Å². The highest BCUT2D eigenvalue weighted by Gasteiger charge is 2.26. The molecule has 0 saturated carbocycles. The number of hydrogen-bond acceptors (Lipinski definition) is 5. The Balaban J connectivity index is 1.75. The molecule has 2 N–H and O–H groups in total. The van der Waals surface area contributed by atoms with Gasteiger partial charge in [-0.1, -0.05) is 12.5 Å². The highest BCUT2D eigenvalue weighted by Crippen LogP contribution is 2.21. The van der Waals surface area contributed by atoms with Crippen molar-refractivity contribution in [2.75, 3.05) is 18.4 Å². The zero-order valence-electron chi connectivity index (χ0n) is 14.5. The number of aromatic nitrogens is 2. The number of carbonyl (C=O) groups excluding carboxylic acids is 1. The van der Waals surface area contributed by atoms with Crippen molar-refractivity contribution in [3.05, 3.63) is 42.1 Å². The van der Waals surface area contributed by atoms with Crippen LogP contribution in [0.15, 0.2) is 41.4 Å². The molecular formula is C17H20N4O5S. The van der Waals surface area contributed by atoms with Gasteiger partial charge >= 0.3 is 5.97 Å². The van der Waals surface area contributed by atoms with Crippen LogP contribution in [0.2, 0.25) is 0 Å². The lowest BCUT2D eigenvalue weighted by Gasteiger charge is -2.26. The summed E-state index contributed by atoms with van der Waals surface area (Å²) < 4.78 is 28.1. The Morgan fingerprint density at radius 3 is 2.59 bits per heavy atom. The maximum absolute atomic E-state index is 12.7. The first-order chi connectivity index (χ1) is 12.9. The van der Waals surface area contributed by atoms with Crippen LogP contribution in [-0.2, 0) is 21.4 Å². The zero-order chi connectivity index (χ0) is 19.4. The Hall–Kier alpha value is -2.72. The number of amides is 1. The van der Waals surface area contributed by atoms with Crippen LogP contribution in [-0.4, -0.2) is 52.6 Å². The minimum atomic E-state index is -3.63. The van der Waals surface area contributed by atoms with Crippen molar-refractivity contribution in [1.29, 1.82) is 0 Å². The van der Waals surface area contributed by atoms with Crippen LogP contribution in [0.3, 0.4) is 0 Å². The number of hydrogen-bond donors (Lipinski definition) is 2. The number of piperidine rings is 1. The predicted octanol–water partition coefficient (Wildman–Crippen LogP) is 1.39. The van der Waals surface area contributed by atoms with Gasteiger partial charge in [0.05, 0.1) is 4.90 Å². The molecule has 2 aromatic rings. The highest BCUT2D eigenvalue weighted by atomic mass is 32.2. The lowest BCUT2D eigenvalue weighted by Crippen LogP contribution is -2.35. The van der Waals surface area contributed by atoms with Gasteiger partial charge in [-0.2, -0.15) is 9.40 Å². The fourth-order valence-electron chi connectivity index (χ4n) is 2.90. The molecule has 0 spiro atoms. The standard InChI is InChI=1S/C17H20N4O5S/c22-16(23)12-20-10-7-15(19-20)18-17(24)13-5-4-6-14(11-13)27(25,26)21-8-2-1-3-9-21/h4-7,10-11H,1-3,8-9,12H2,(H,22,23)(H,18,19,24). The number of benzene rings is 1. The second kappa shape index (κ2) is 7.89. The van der Waals surface area contributed by atoms with E-state index < -0.39 is 21.9 Å². The van der Waals surface area contributed by atoms with E-state index in [9.17, 15) is 18.0 Å². The topological polar surface area (TPSA) is 122 Å². The van der Waals surface area contributed by atoms with Crippen LogP contribution in [0.5, 0.6) is 0 Å². The second-order valence-electron chi connectivity index (χ2n) is 6.24. The average Bonchev–Trinajstić information content (AvgIpc) is 3.08. The summed E-state index contributed by atoms with van der Waals surface area (Å²) in [6, 6.07) is 7.32. The molecule has 0 aliphatic carbocycles. The Labute approximate surface area is 156 Å². The molecule has 0 atom stereocenters. The van der Waals surface area contributed by atoms with E-state index in [-0.39, 0.29) is 22.8 Å². The van der Waals surface area contributed by atoms with E-state index in [2.05, 4.69) is 10.4 Å². The minimum absolute atomic E-state index is 0.0773. The third-order valence-electron chi connectivity index (χ3n) is 4.23. The van der Waals surface area contributed by atoms with Gasteiger partial charge in [0.25, 0.3) is 5.91 Å². The largest absolute Gasteiger partial charge is 0.480 e. The van der Waals surface area contributed by atoms with Crippen LogP contribution in [0.4, 0.5) is 5.82 Å². The monoisotopic (exact) mass is 392 g/mol. The van der Waals surface area contributed by atoms with Gasteiger partial charge in [-0.25, -0.2) is 8.42 Å². The summed E-state index contributed by atoms with van der Waals surface area (Å²) in [5.41, 5.74) is 0.181. The fourth-order valence-corrected chi connectivity index (χ4v) is 4.46. The second-order valence-corrected chi connectivity index (χ2v) is 8.18. The summed E-state index contributed by atoms with van der Waals surface area (Å²) >= 11 is 0. The predicted molar refractivity (Wildman–Crippen MR) is 96.9 cm³/mol. The van der Waals surface area contributed by atoms with E-state index in [1.54, 1.807) is 0 Å². The third kappa shape index (κ3) is 4.52. The number of carboxylic acids is 1. The number of rotatable bonds is 6. The Morgan fingerprint density at radius 1 is 1.15 bits per heavy atom. The molecule has 27 heavy (non-hydrogen) atoms. The van der Waals surface area contributed by atoms with E-state index in [1.807, 2.05) is 0 Å². The van der Waals surface area contributed by atoms with Gasteiger partial charge in [-0.3, -0.25) is 14.3 Å². The molecule has 0 bridgehead atoms. The van der Waals surface area contributed by atoms with E-state index in [0.717, 1.165) is 19.3 Å². The molecule has 1 aromatic heterocycles. The van der Waals surface area contributed by atoms with Crippen LogP contribution >= 0.6 is 0 Å². The molecule has 3 rings (SSSR count). The third-order valence-corrected chi connectivity index (χ3v) is 6.12. The van der Waals surface area contributed by atoms with Gasteiger partial charge in [-0.15, -0.1) is 0 Å². The first-order valence-corrected chi connectivity index (χ1v) is 9.97. The number of anilines is 1. The molecule has 1 aliphatic rings. The molecule has 9 nitrogen and oxygen atoms in total. The van der Waals surface area contributed by atoms with Crippen LogP contribution in [0.1, 0.15) is 29.6 Å². The molecule has 2 heterocycles. The van der Waals surface area contributed by atoms with Crippen molar-refractivity contribution in [1.82, 2.24) is 14.1 Å². The van der Waals surface area contributed by atoms with E-state index >= 15 is 0 Å². The van der Waals surface area contributed by atoms with E-state index in [0.29, 0.717) is 13.1 Å². The quantitative estimate of drug-likeness (QED) is 0.766. The maximum atomic E-state index is 12.7. The smallest absolute Gasteiger partial charge is 0.325 e. The molecular weight excluding hydrogens is 372 g/mol. The molecule has 0 unspecified atom stereocenters. The van der Waals surface area contributed by atoms with Crippen LogP contribution < -0.4 is 5.32 Å². The molecule has 144 valence electrons. The number of sulfonamides is 1. The first-order valence-electron chi connectivity index (χ1n) is 8.53. The lowest BCUT2D eigenvalue weighted by atomic mass is 10.2. The highest BCUT2D eigenvalue weighted by molar-refractivity contribution is 7.89. The number of carbonyl (C=O) groups is 2. The van der Waals surface area contributed by atoms with Crippen LogP contribution in [0, 0.1) is 0 Å². The summed E-state index contributed by atoms with van der Waals surface area (Å²) in [7, 11) is -3.63. The number of carboxylic acid groups (broad SMARTS) is 1. The summed E-state index contributed by atoms with van der Waals surface area (Å²) in [5.74, 6) is -1.39. The molecule has 1 fully saturated rings. The summed E-state index contributed by atoms with van der Waals surface area (Å²) in [5, 5.41) is 15.2. The van der Waals surface area contributed by atoms with E-state index in [4.69, 9.17) is 5.11 Å². The van der Waals surface area contributed by atoms with E-state index in [1.165, 1.54) is 45.5 Å². The molecule has 1 aliphatic heterocycles. The van der Waals surface area contributed by atoms with Gasteiger partial charge in [0.1, 0.15) is 6.54 Å². The summed E-state index contributed by atoms with van der Waals surface area (Å²) in [6.45, 7) is 0.652. The molecule has 1 amide bonds. The first kappa shape index (κ1) is 19.1. The summed E-state index contributed by atoms with van der Waals surface area (Å²) in [6.07, 6.45) is 4.11. The fraction of sp³-hybridized carbons (Fsp3) is 0.353. The average molecular weight is 392 g/mol. The minimum Gasteiger partial charge on any atom is -0.480 e. The zero-order valence-corrected chi connectivity index (χ0v) is 15.4. The number of nitrogens with one attached hydrogen (secondary N) is 1.